The van der Waals surface area contributed by atoms with Gasteiger partial charge in [0, 0.05) is 44.1 Å². The molecule has 172 valence electrons. The van der Waals surface area contributed by atoms with Crippen molar-refractivity contribution in [2.24, 2.45) is 0 Å². The summed E-state index contributed by atoms with van der Waals surface area (Å²) < 4.78 is 48.9. The minimum absolute atomic E-state index is 0.413. The molecule has 1 aliphatic heterocycles. The molecule has 0 atom stereocenters. The molecule has 0 aliphatic carbocycles. The highest BCUT2D eigenvalue weighted by Crippen LogP contribution is 2.28. The van der Waals surface area contributed by atoms with Gasteiger partial charge >= 0.3 is 12.1 Å². The summed E-state index contributed by atoms with van der Waals surface area (Å²) in [5.41, 5.74) is -0.845. The Morgan fingerprint density at radius 3 is 2.25 bits per heavy atom. The molecule has 1 aromatic carbocycles. The molecular formula is C21H22F3N3O5. The van der Waals surface area contributed by atoms with Crippen molar-refractivity contribution in [1.29, 1.82) is 0 Å². The van der Waals surface area contributed by atoms with Crippen LogP contribution < -0.4 is 15.2 Å². The van der Waals surface area contributed by atoms with Gasteiger partial charge in [-0.05, 0) is 30.3 Å². The number of esters is 1. The van der Waals surface area contributed by atoms with Crippen molar-refractivity contribution < 1.29 is 32.2 Å². The number of alkyl halides is 3. The second-order valence-corrected chi connectivity index (χ2v) is 7.11. The van der Waals surface area contributed by atoms with Gasteiger partial charge in [-0.1, -0.05) is 0 Å². The molecule has 11 heteroatoms. The molecule has 1 amide bonds. The number of rotatable bonds is 6. The first-order valence-corrected chi connectivity index (χ1v) is 9.77. The Bertz CT molecular complexity index is 1010. The Balaban J connectivity index is 1.48. The molecule has 1 saturated heterocycles. The largest absolute Gasteiger partial charge is 0.497 e. The van der Waals surface area contributed by atoms with Gasteiger partial charge in [0.25, 0.3) is 11.5 Å². The first-order valence-electron chi connectivity index (χ1n) is 9.77. The average Bonchev–Trinajstić information content (AvgIpc) is 2.78. The van der Waals surface area contributed by atoms with Crippen molar-refractivity contribution in [2.45, 2.75) is 12.7 Å². The second-order valence-electron chi connectivity index (χ2n) is 7.11. The van der Waals surface area contributed by atoms with Gasteiger partial charge in [0.2, 0.25) is 0 Å². The fourth-order valence-corrected chi connectivity index (χ4v) is 3.25. The maximum Gasteiger partial charge on any atom is 0.417 e. The van der Waals surface area contributed by atoms with Crippen LogP contribution in [0.2, 0.25) is 0 Å². The molecule has 1 aliphatic rings. The summed E-state index contributed by atoms with van der Waals surface area (Å²) in [4.78, 5) is 39.6. The fourth-order valence-electron chi connectivity index (χ4n) is 3.25. The van der Waals surface area contributed by atoms with Crippen LogP contribution in [-0.4, -0.2) is 61.2 Å². The number of hydrogen-bond acceptors (Lipinski definition) is 6. The number of carbonyl (C=O) groups excluding carboxylic acids is 2. The van der Waals surface area contributed by atoms with E-state index in [4.69, 9.17) is 9.47 Å². The Morgan fingerprint density at radius 1 is 1.00 bits per heavy atom. The number of methoxy groups -OCH3 is 1. The number of benzene rings is 1. The molecule has 1 aromatic heterocycles. The molecule has 2 aromatic rings. The van der Waals surface area contributed by atoms with Crippen LogP contribution in [0, 0.1) is 0 Å². The number of aromatic nitrogens is 1. The van der Waals surface area contributed by atoms with Crippen LogP contribution in [0.3, 0.4) is 0 Å². The summed E-state index contributed by atoms with van der Waals surface area (Å²) in [5.74, 6) is -0.641. The van der Waals surface area contributed by atoms with Gasteiger partial charge in [-0.15, -0.1) is 0 Å². The minimum Gasteiger partial charge on any atom is -0.497 e. The van der Waals surface area contributed by atoms with Gasteiger partial charge in [-0.25, -0.2) is 0 Å². The van der Waals surface area contributed by atoms with E-state index in [1.54, 1.807) is 12.0 Å². The smallest absolute Gasteiger partial charge is 0.417 e. The molecule has 0 radical (unpaired) electrons. The molecule has 32 heavy (non-hydrogen) atoms. The quantitative estimate of drug-likeness (QED) is 0.621. The zero-order chi connectivity index (χ0) is 23.3. The van der Waals surface area contributed by atoms with Crippen LogP contribution >= 0.6 is 0 Å². The molecule has 2 heterocycles. The van der Waals surface area contributed by atoms with E-state index in [1.165, 1.54) is 0 Å². The first kappa shape index (κ1) is 23.2. The van der Waals surface area contributed by atoms with Crippen LogP contribution in [-0.2, 0) is 27.0 Å². The number of ether oxygens (including phenoxy) is 2. The molecule has 0 N–H and O–H groups in total. The van der Waals surface area contributed by atoms with Gasteiger partial charge in [0.1, 0.15) is 12.3 Å². The summed E-state index contributed by atoms with van der Waals surface area (Å²) in [6.45, 7) is 0.763. The zero-order valence-electron chi connectivity index (χ0n) is 17.3. The van der Waals surface area contributed by atoms with Crippen LogP contribution in [0.1, 0.15) is 5.56 Å². The Hall–Kier alpha value is -3.50. The third-order valence-corrected chi connectivity index (χ3v) is 5.04. The lowest BCUT2D eigenvalue weighted by Gasteiger charge is -2.36. The second kappa shape index (κ2) is 9.75. The highest BCUT2D eigenvalue weighted by Gasteiger charge is 2.31. The Kier molecular flexibility index (Phi) is 7.06. The number of anilines is 1. The summed E-state index contributed by atoms with van der Waals surface area (Å²) in [5, 5.41) is 0. The monoisotopic (exact) mass is 453 g/mol. The third kappa shape index (κ3) is 5.80. The van der Waals surface area contributed by atoms with E-state index in [1.807, 2.05) is 24.3 Å². The minimum atomic E-state index is -4.65. The highest BCUT2D eigenvalue weighted by molar-refractivity contribution is 5.80. The van der Waals surface area contributed by atoms with E-state index >= 15 is 0 Å². The van der Waals surface area contributed by atoms with E-state index in [0.29, 0.717) is 43.0 Å². The molecule has 0 bridgehead atoms. The van der Waals surface area contributed by atoms with Crippen molar-refractivity contribution in [3.05, 3.63) is 58.5 Å². The molecule has 0 spiro atoms. The number of halogens is 3. The summed E-state index contributed by atoms with van der Waals surface area (Å²) in [6.07, 6.45) is -4.10. The SMILES string of the molecule is COc1ccc(N2CCN(C(=O)COC(=O)Cn3cc(C(F)(F)F)ccc3=O)CC2)cc1. The van der Waals surface area contributed by atoms with Crippen molar-refractivity contribution in [1.82, 2.24) is 9.47 Å². The lowest BCUT2D eigenvalue weighted by Crippen LogP contribution is -2.50. The van der Waals surface area contributed by atoms with Crippen molar-refractivity contribution >= 4 is 17.6 Å². The number of carbonyl (C=O) groups is 2. The number of piperazine rings is 1. The topological polar surface area (TPSA) is 81.1 Å². The first-order chi connectivity index (χ1) is 15.2. The van der Waals surface area contributed by atoms with E-state index < -0.39 is 42.3 Å². The predicted molar refractivity (Wildman–Crippen MR) is 108 cm³/mol. The number of pyridine rings is 1. The fraction of sp³-hybridized carbons (Fsp3) is 0.381. The molecule has 0 saturated carbocycles. The third-order valence-electron chi connectivity index (χ3n) is 5.04. The average molecular weight is 453 g/mol. The lowest BCUT2D eigenvalue weighted by molar-refractivity contribution is -0.152. The van der Waals surface area contributed by atoms with E-state index in [-0.39, 0.29) is 0 Å². The van der Waals surface area contributed by atoms with Gasteiger partial charge < -0.3 is 23.8 Å². The zero-order valence-corrected chi connectivity index (χ0v) is 17.3. The van der Waals surface area contributed by atoms with E-state index in [9.17, 15) is 27.6 Å². The van der Waals surface area contributed by atoms with Gasteiger partial charge in [-0.3, -0.25) is 14.4 Å². The maximum absolute atomic E-state index is 12.8. The van der Waals surface area contributed by atoms with Gasteiger partial charge in [-0.2, -0.15) is 13.2 Å². The number of amides is 1. The van der Waals surface area contributed by atoms with E-state index in [2.05, 4.69) is 4.90 Å². The Labute approximate surface area is 181 Å². The standard InChI is InChI=1S/C21H22F3N3O5/c1-31-17-5-3-16(4-6-17)25-8-10-26(11-9-25)19(29)14-32-20(30)13-27-12-15(21(22,23)24)2-7-18(27)28/h2-7,12H,8-11,13-14H2,1H3. The van der Waals surface area contributed by atoms with Crippen LogP contribution in [0.25, 0.3) is 0 Å². The summed E-state index contributed by atoms with van der Waals surface area (Å²) in [7, 11) is 1.59. The molecule has 3 rings (SSSR count). The van der Waals surface area contributed by atoms with Crippen molar-refractivity contribution in [3.63, 3.8) is 0 Å². The van der Waals surface area contributed by atoms with Crippen LogP contribution in [0.15, 0.2) is 47.4 Å². The molecule has 8 nitrogen and oxygen atoms in total. The number of nitrogens with zero attached hydrogens (tertiary/aromatic N) is 3. The molecule has 1 fully saturated rings. The van der Waals surface area contributed by atoms with Gasteiger partial charge in [0.05, 0.1) is 12.7 Å². The lowest BCUT2D eigenvalue weighted by atomic mass is 10.2. The predicted octanol–water partition coefficient (Wildman–Crippen LogP) is 1.77. The summed E-state index contributed by atoms with van der Waals surface area (Å²) in [6, 6.07) is 8.91. The normalized spacial score (nSPS) is 14.2. The van der Waals surface area contributed by atoms with Crippen molar-refractivity contribution in [3.8, 4) is 5.75 Å². The van der Waals surface area contributed by atoms with Crippen LogP contribution in [0.5, 0.6) is 5.75 Å². The Morgan fingerprint density at radius 2 is 1.66 bits per heavy atom. The molecule has 0 unspecified atom stereocenters. The number of hydrogen-bond donors (Lipinski definition) is 0. The van der Waals surface area contributed by atoms with Crippen molar-refractivity contribution in [2.75, 3.05) is 44.8 Å². The van der Waals surface area contributed by atoms with Crippen LogP contribution in [0.4, 0.5) is 18.9 Å². The van der Waals surface area contributed by atoms with Gasteiger partial charge in [0.15, 0.2) is 6.61 Å². The molecular weight excluding hydrogens is 431 g/mol. The highest BCUT2D eigenvalue weighted by atomic mass is 19.4. The van der Waals surface area contributed by atoms with E-state index in [0.717, 1.165) is 17.5 Å². The maximum atomic E-state index is 12.8. The summed E-state index contributed by atoms with van der Waals surface area (Å²) >= 11 is 0.